The maximum atomic E-state index is 11.2. The topological polar surface area (TPSA) is 66.6 Å². The molecule has 0 spiro atoms. The Hall–Kier alpha value is -1.39. The van der Waals surface area contributed by atoms with Gasteiger partial charge in [-0.15, -0.1) is 0 Å². The van der Waals surface area contributed by atoms with Crippen LogP contribution in [-0.4, -0.2) is 35.1 Å². The smallest absolute Gasteiger partial charge is 0.248 e. The Morgan fingerprint density at radius 3 is 2.65 bits per heavy atom. The molecule has 1 aromatic rings. The van der Waals surface area contributed by atoms with Crippen LogP contribution < -0.4 is 5.73 Å². The highest BCUT2D eigenvalue weighted by Crippen LogP contribution is 2.25. The van der Waals surface area contributed by atoms with Gasteiger partial charge in [-0.2, -0.15) is 0 Å². The molecule has 2 rings (SSSR count). The van der Waals surface area contributed by atoms with Crippen molar-refractivity contribution in [2.45, 2.75) is 45.2 Å². The third kappa shape index (κ3) is 3.58. The predicted octanol–water partition coefficient (Wildman–Crippen LogP) is 1.83. The maximum Gasteiger partial charge on any atom is 0.248 e. The minimum absolute atomic E-state index is 0.189. The van der Waals surface area contributed by atoms with Gasteiger partial charge in [-0.1, -0.05) is 18.9 Å². The lowest BCUT2D eigenvalue weighted by Crippen LogP contribution is -2.35. The first kappa shape index (κ1) is 15.0. The minimum atomic E-state index is -0.386. The number of nitrogens with zero attached hydrogens (tertiary/aromatic N) is 1. The number of amides is 1. The van der Waals surface area contributed by atoms with Crippen molar-refractivity contribution in [2.75, 3.05) is 13.2 Å². The van der Waals surface area contributed by atoms with Gasteiger partial charge in [0.2, 0.25) is 5.91 Å². The molecule has 1 aromatic carbocycles. The Labute approximate surface area is 120 Å². The van der Waals surface area contributed by atoms with Gasteiger partial charge in [-0.05, 0) is 43.0 Å². The fourth-order valence-electron chi connectivity index (χ4n) is 3.03. The normalized spacial score (nSPS) is 15.9. The molecule has 1 saturated carbocycles. The van der Waals surface area contributed by atoms with Crippen LogP contribution in [0.4, 0.5) is 0 Å². The summed E-state index contributed by atoms with van der Waals surface area (Å²) >= 11 is 0. The number of carbonyl (C=O) groups is 1. The average molecular weight is 276 g/mol. The molecule has 4 heteroatoms. The number of rotatable bonds is 6. The van der Waals surface area contributed by atoms with Gasteiger partial charge in [0.25, 0.3) is 0 Å². The van der Waals surface area contributed by atoms with Gasteiger partial charge < -0.3 is 10.8 Å². The number of aliphatic hydroxyl groups excluding tert-OH is 1. The number of primary amides is 1. The lowest BCUT2D eigenvalue weighted by atomic mass is 10.0. The SMILES string of the molecule is Cc1cc(C(N)=O)ccc1CN(CCO)C1CCCC1. The van der Waals surface area contributed by atoms with E-state index >= 15 is 0 Å². The third-order valence-electron chi connectivity index (χ3n) is 4.23. The molecule has 110 valence electrons. The number of benzene rings is 1. The molecule has 0 saturated heterocycles. The number of aliphatic hydroxyl groups is 1. The van der Waals surface area contributed by atoms with Crippen molar-refractivity contribution in [2.24, 2.45) is 5.73 Å². The summed E-state index contributed by atoms with van der Waals surface area (Å²) in [6, 6.07) is 6.20. The molecule has 0 aromatic heterocycles. The fourth-order valence-corrected chi connectivity index (χ4v) is 3.03. The van der Waals surface area contributed by atoms with E-state index in [1.807, 2.05) is 19.1 Å². The summed E-state index contributed by atoms with van der Waals surface area (Å²) in [5.41, 5.74) is 8.14. The van der Waals surface area contributed by atoms with E-state index in [4.69, 9.17) is 5.73 Å². The standard InChI is InChI=1S/C16H24N2O2/c1-12-10-13(16(17)20)6-7-14(12)11-18(8-9-19)15-4-2-3-5-15/h6-7,10,15,19H,2-5,8-9,11H2,1H3,(H2,17,20). The lowest BCUT2D eigenvalue weighted by Gasteiger charge is -2.28. The molecule has 3 N–H and O–H groups in total. The molecule has 0 aliphatic heterocycles. The predicted molar refractivity (Wildman–Crippen MR) is 79.4 cm³/mol. The van der Waals surface area contributed by atoms with E-state index < -0.39 is 0 Å². The summed E-state index contributed by atoms with van der Waals surface area (Å²) in [7, 11) is 0. The van der Waals surface area contributed by atoms with Gasteiger partial charge in [0.1, 0.15) is 0 Å². The summed E-state index contributed by atoms with van der Waals surface area (Å²) in [5, 5.41) is 9.26. The molecule has 0 heterocycles. The number of hydrogen-bond donors (Lipinski definition) is 2. The second-order valence-corrected chi connectivity index (χ2v) is 5.64. The Kier molecular flexibility index (Phi) is 5.15. The van der Waals surface area contributed by atoms with Gasteiger partial charge in [-0.25, -0.2) is 0 Å². The largest absolute Gasteiger partial charge is 0.395 e. The Bertz CT molecular complexity index is 468. The summed E-state index contributed by atoms with van der Waals surface area (Å²) < 4.78 is 0. The van der Waals surface area contributed by atoms with Crippen molar-refractivity contribution in [3.63, 3.8) is 0 Å². The molecular formula is C16H24N2O2. The first-order chi connectivity index (χ1) is 9.61. The van der Waals surface area contributed by atoms with Gasteiger partial charge in [-0.3, -0.25) is 9.69 Å². The van der Waals surface area contributed by atoms with Crippen molar-refractivity contribution < 1.29 is 9.90 Å². The van der Waals surface area contributed by atoms with Crippen LogP contribution in [0.2, 0.25) is 0 Å². The van der Waals surface area contributed by atoms with Crippen molar-refractivity contribution in [1.29, 1.82) is 0 Å². The van der Waals surface area contributed by atoms with E-state index in [1.165, 1.54) is 31.2 Å². The molecule has 1 aliphatic carbocycles. The average Bonchev–Trinajstić information content (AvgIpc) is 2.94. The summed E-state index contributed by atoms with van der Waals surface area (Å²) in [5.74, 6) is -0.386. The molecule has 20 heavy (non-hydrogen) atoms. The first-order valence-corrected chi connectivity index (χ1v) is 7.36. The fraction of sp³-hybridized carbons (Fsp3) is 0.562. The van der Waals surface area contributed by atoms with E-state index in [0.29, 0.717) is 18.2 Å². The molecule has 0 bridgehead atoms. The third-order valence-corrected chi connectivity index (χ3v) is 4.23. The van der Waals surface area contributed by atoms with Gasteiger partial charge >= 0.3 is 0 Å². The van der Waals surface area contributed by atoms with Crippen LogP contribution in [0.3, 0.4) is 0 Å². The quantitative estimate of drug-likeness (QED) is 0.833. The molecule has 0 radical (unpaired) electrons. The van der Waals surface area contributed by atoms with Crippen molar-refractivity contribution in [3.8, 4) is 0 Å². The summed E-state index contributed by atoms with van der Waals surface area (Å²) in [4.78, 5) is 13.5. The molecule has 4 nitrogen and oxygen atoms in total. The van der Waals surface area contributed by atoms with Crippen LogP contribution in [0.15, 0.2) is 18.2 Å². The number of aryl methyl sites for hydroxylation is 1. The van der Waals surface area contributed by atoms with Crippen molar-refractivity contribution in [1.82, 2.24) is 4.90 Å². The molecule has 0 unspecified atom stereocenters. The van der Waals surface area contributed by atoms with Crippen molar-refractivity contribution in [3.05, 3.63) is 34.9 Å². The van der Waals surface area contributed by atoms with E-state index in [1.54, 1.807) is 6.07 Å². The van der Waals surface area contributed by atoms with Crippen molar-refractivity contribution >= 4 is 5.91 Å². The van der Waals surface area contributed by atoms with Crippen LogP contribution in [-0.2, 0) is 6.54 Å². The number of carbonyl (C=O) groups excluding carboxylic acids is 1. The summed E-state index contributed by atoms with van der Waals surface area (Å²) in [6.45, 7) is 3.74. The first-order valence-electron chi connectivity index (χ1n) is 7.36. The minimum Gasteiger partial charge on any atom is -0.395 e. The lowest BCUT2D eigenvalue weighted by molar-refractivity contribution is 0.1000. The zero-order chi connectivity index (χ0) is 14.5. The van der Waals surface area contributed by atoms with Crippen LogP contribution in [0.5, 0.6) is 0 Å². The second-order valence-electron chi connectivity index (χ2n) is 5.64. The van der Waals surface area contributed by atoms with Crippen LogP contribution in [0.1, 0.15) is 47.2 Å². The van der Waals surface area contributed by atoms with E-state index in [-0.39, 0.29) is 12.5 Å². The molecule has 1 aliphatic rings. The highest BCUT2D eigenvalue weighted by atomic mass is 16.3. The highest BCUT2D eigenvalue weighted by molar-refractivity contribution is 5.93. The molecule has 1 amide bonds. The van der Waals surface area contributed by atoms with Crippen LogP contribution in [0, 0.1) is 6.92 Å². The Balaban J connectivity index is 2.11. The van der Waals surface area contributed by atoms with E-state index in [2.05, 4.69) is 4.90 Å². The number of nitrogens with two attached hydrogens (primary N) is 1. The van der Waals surface area contributed by atoms with Crippen LogP contribution in [0.25, 0.3) is 0 Å². The second kappa shape index (κ2) is 6.86. The van der Waals surface area contributed by atoms with E-state index in [9.17, 15) is 9.90 Å². The zero-order valence-corrected chi connectivity index (χ0v) is 12.1. The van der Waals surface area contributed by atoms with Gasteiger partial charge in [0.15, 0.2) is 0 Å². The van der Waals surface area contributed by atoms with Gasteiger partial charge in [0.05, 0.1) is 6.61 Å². The molecular weight excluding hydrogens is 252 g/mol. The molecule has 0 atom stereocenters. The highest BCUT2D eigenvalue weighted by Gasteiger charge is 2.22. The zero-order valence-electron chi connectivity index (χ0n) is 12.1. The van der Waals surface area contributed by atoms with E-state index in [0.717, 1.165) is 12.1 Å². The Morgan fingerprint density at radius 2 is 2.10 bits per heavy atom. The molecule has 1 fully saturated rings. The summed E-state index contributed by atoms with van der Waals surface area (Å²) in [6.07, 6.45) is 5.01. The van der Waals surface area contributed by atoms with Crippen LogP contribution >= 0.6 is 0 Å². The number of hydrogen-bond acceptors (Lipinski definition) is 3. The maximum absolute atomic E-state index is 11.2. The monoisotopic (exact) mass is 276 g/mol. The Morgan fingerprint density at radius 1 is 1.40 bits per heavy atom. The van der Waals surface area contributed by atoms with Gasteiger partial charge in [0, 0.05) is 24.7 Å².